The molecule has 0 aliphatic rings. The first-order chi connectivity index (χ1) is 6.99. The SMILES string of the molecule is CCOC(F)(F)C(=N)n1ccncc1=N. The summed E-state index contributed by atoms with van der Waals surface area (Å²) in [5.41, 5.74) is -0.304. The highest BCUT2D eigenvalue weighted by Gasteiger charge is 2.37. The zero-order valence-corrected chi connectivity index (χ0v) is 8.00. The Morgan fingerprint density at radius 3 is 2.87 bits per heavy atom. The monoisotopic (exact) mass is 216 g/mol. The van der Waals surface area contributed by atoms with Gasteiger partial charge in [-0.1, -0.05) is 0 Å². The van der Waals surface area contributed by atoms with Gasteiger partial charge in [0.25, 0.3) is 0 Å². The van der Waals surface area contributed by atoms with Gasteiger partial charge in [-0.2, -0.15) is 8.78 Å². The van der Waals surface area contributed by atoms with Crippen molar-refractivity contribution in [3.8, 4) is 0 Å². The Morgan fingerprint density at radius 2 is 2.33 bits per heavy atom. The Morgan fingerprint density at radius 1 is 1.67 bits per heavy atom. The van der Waals surface area contributed by atoms with Crippen molar-refractivity contribution < 1.29 is 13.5 Å². The lowest BCUT2D eigenvalue weighted by atomic mass is 10.5. The van der Waals surface area contributed by atoms with Gasteiger partial charge in [0.1, 0.15) is 5.49 Å². The van der Waals surface area contributed by atoms with Gasteiger partial charge in [-0.05, 0) is 6.92 Å². The highest BCUT2D eigenvalue weighted by atomic mass is 19.3. The number of rotatable bonds is 3. The second-order valence-electron chi connectivity index (χ2n) is 2.63. The minimum absolute atomic E-state index is 0.214. The number of hydrogen-bond acceptors (Lipinski definition) is 4. The molecule has 1 rings (SSSR count). The van der Waals surface area contributed by atoms with Crippen molar-refractivity contribution in [2.24, 2.45) is 0 Å². The van der Waals surface area contributed by atoms with Crippen molar-refractivity contribution in [3.63, 3.8) is 0 Å². The first-order valence-corrected chi connectivity index (χ1v) is 4.17. The highest BCUT2D eigenvalue weighted by molar-refractivity contribution is 5.86. The molecule has 1 heterocycles. The van der Waals surface area contributed by atoms with Gasteiger partial charge in [0.15, 0.2) is 0 Å². The predicted molar refractivity (Wildman–Crippen MR) is 47.8 cm³/mol. The van der Waals surface area contributed by atoms with E-state index in [1.807, 2.05) is 0 Å². The molecule has 7 heteroatoms. The number of nitrogens with one attached hydrogen (secondary N) is 2. The average molecular weight is 216 g/mol. The van der Waals surface area contributed by atoms with Crippen LogP contribution in [0.2, 0.25) is 0 Å². The maximum absolute atomic E-state index is 13.1. The fourth-order valence-corrected chi connectivity index (χ4v) is 0.946. The molecule has 1 aromatic heterocycles. The van der Waals surface area contributed by atoms with Gasteiger partial charge in [0.05, 0.1) is 12.8 Å². The Bertz CT molecular complexity index is 415. The molecule has 0 unspecified atom stereocenters. The van der Waals surface area contributed by atoms with Crippen LogP contribution in [0.15, 0.2) is 18.6 Å². The van der Waals surface area contributed by atoms with E-state index in [-0.39, 0.29) is 12.1 Å². The molecular formula is C8H10F2N4O. The van der Waals surface area contributed by atoms with Gasteiger partial charge in [-0.15, -0.1) is 0 Å². The fourth-order valence-electron chi connectivity index (χ4n) is 0.946. The minimum atomic E-state index is -3.70. The van der Waals surface area contributed by atoms with E-state index in [1.165, 1.54) is 13.1 Å². The summed E-state index contributed by atoms with van der Waals surface area (Å²) in [5, 5.41) is 14.5. The smallest absolute Gasteiger partial charge is 0.314 e. The van der Waals surface area contributed by atoms with Crippen molar-refractivity contribution in [3.05, 3.63) is 24.1 Å². The number of nitrogens with zero attached hydrogens (tertiary/aromatic N) is 2. The predicted octanol–water partition coefficient (Wildman–Crippen LogP) is 0.817. The Balaban J connectivity index is 3.05. The average Bonchev–Trinajstić information content (AvgIpc) is 2.17. The van der Waals surface area contributed by atoms with Crippen LogP contribution in [-0.4, -0.2) is 28.1 Å². The summed E-state index contributed by atoms with van der Waals surface area (Å²) in [7, 11) is 0. The molecule has 0 radical (unpaired) electrons. The van der Waals surface area contributed by atoms with E-state index in [0.29, 0.717) is 4.57 Å². The van der Waals surface area contributed by atoms with Crippen LogP contribution in [0.5, 0.6) is 0 Å². The molecule has 0 saturated heterocycles. The normalized spacial score (nSPS) is 11.4. The maximum Gasteiger partial charge on any atom is 0.415 e. The van der Waals surface area contributed by atoms with Crippen LogP contribution in [0.4, 0.5) is 8.78 Å². The van der Waals surface area contributed by atoms with E-state index in [4.69, 9.17) is 10.8 Å². The van der Waals surface area contributed by atoms with E-state index in [9.17, 15) is 8.78 Å². The zero-order chi connectivity index (χ0) is 11.5. The van der Waals surface area contributed by atoms with Crippen LogP contribution in [0.3, 0.4) is 0 Å². The molecule has 0 aromatic carbocycles. The second kappa shape index (κ2) is 4.26. The third kappa shape index (κ3) is 2.44. The number of halogens is 2. The van der Waals surface area contributed by atoms with Gasteiger partial charge in [-0.3, -0.25) is 20.4 Å². The summed E-state index contributed by atoms with van der Waals surface area (Å²) in [6, 6.07) is 0. The molecule has 0 aliphatic heterocycles. The molecular weight excluding hydrogens is 206 g/mol. The van der Waals surface area contributed by atoms with Crippen molar-refractivity contribution in [1.29, 1.82) is 10.8 Å². The molecule has 2 N–H and O–H groups in total. The van der Waals surface area contributed by atoms with Gasteiger partial charge >= 0.3 is 6.11 Å². The summed E-state index contributed by atoms with van der Waals surface area (Å²) in [4.78, 5) is 3.56. The van der Waals surface area contributed by atoms with Crippen LogP contribution in [-0.2, 0) is 4.74 Å². The molecule has 15 heavy (non-hydrogen) atoms. The molecule has 1 aromatic rings. The highest BCUT2D eigenvalue weighted by Crippen LogP contribution is 2.16. The Hall–Kier alpha value is -1.63. The molecule has 82 valence electrons. The molecule has 5 nitrogen and oxygen atoms in total. The van der Waals surface area contributed by atoms with Gasteiger partial charge < -0.3 is 4.74 Å². The lowest BCUT2D eigenvalue weighted by Crippen LogP contribution is -2.41. The summed E-state index contributed by atoms with van der Waals surface area (Å²) in [6.07, 6.45) is -0.306. The molecule has 0 amide bonds. The fraction of sp³-hybridized carbons (Fsp3) is 0.375. The van der Waals surface area contributed by atoms with Gasteiger partial charge in [-0.25, -0.2) is 0 Å². The summed E-state index contributed by atoms with van der Waals surface area (Å²) in [5.74, 6) is -1.10. The van der Waals surface area contributed by atoms with E-state index in [0.717, 1.165) is 12.4 Å². The maximum atomic E-state index is 13.1. The van der Waals surface area contributed by atoms with Crippen molar-refractivity contribution in [2.45, 2.75) is 13.0 Å². The second-order valence-corrected chi connectivity index (χ2v) is 2.63. The number of aromatic nitrogens is 2. The summed E-state index contributed by atoms with van der Waals surface area (Å²) < 4.78 is 31.0. The van der Waals surface area contributed by atoms with Crippen molar-refractivity contribution >= 4 is 5.84 Å². The third-order valence-corrected chi connectivity index (χ3v) is 1.60. The summed E-state index contributed by atoms with van der Waals surface area (Å²) >= 11 is 0. The third-order valence-electron chi connectivity index (χ3n) is 1.60. The lowest BCUT2D eigenvalue weighted by molar-refractivity contribution is -0.182. The number of alkyl halides is 2. The van der Waals surface area contributed by atoms with E-state index < -0.39 is 11.9 Å². The minimum Gasteiger partial charge on any atom is -0.314 e. The topological polar surface area (TPSA) is 74.8 Å². The molecule has 0 aliphatic carbocycles. The molecule has 0 bridgehead atoms. The van der Waals surface area contributed by atoms with E-state index in [2.05, 4.69) is 9.72 Å². The Labute approximate surface area is 84.4 Å². The van der Waals surface area contributed by atoms with Crippen LogP contribution in [0.25, 0.3) is 0 Å². The van der Waals surface area contributed by atoms with Crippen LogP contribution < -0.4 is 5.49 Å². The standard InChI is InChI=1S/C8H10F2N4O/c1-2-15-8(9,10)7(12)14-4-3-13-5-6(14)11/h3-5,11-12H,2H2,1H3. The largest absolute Gasteiger partial charge is 0.415 e. The van der Waals surface area contributed by atoms with Crippen LogP contribution >= 0.6 is 0 Å². The number of hydrogen-bond donors (Lipinski definition) is 2. The molecule has 0 saturated carbocycles. The van der Waals surface area contributed by atoms with Crippen LogP contribution in [0, 0.1) is 10.8 Å². The van der Waals surface area contributed by atoms with E-state index >= 15 is 0 Å². The van der Waals surface area contributed by atoms with E-state index in [1.54, 1.807) is 0 Å². The number of ether oxygens (including phenoxy) is 1. The summed E-state index contributed by atoms with van der Waals surface area (Å²) in [6.45, 7) is 1.19. The van der Waals surface area contributed by atoms with Crippen LogP contribution in [0.1, 0.15) is 6.92 Å². The quantitative estimate of drug-likeness (QED) is 0.579. The van der Waals surface area contributed by atoms with Gasteiger partial charge in [0, 0.05) is 12.4 Å². The van der Waals surface area contributed by atoms with Gasteiger partial charge in [0.2, 0.25) is 5.84 Å². The zero-order valence-electron chi connectivity index (χ0n) is 8.00. The molecule has 0 fully saturated rings. The molecule has 0 atom stereocenters. The molecule has 0 spiro atoms. The first kappa shape index (κ1) is 11.4. The Kier molecular flexibility index (Phi) is 3.25. The van der Waals surface area contributed by atoms with Crippen molar-refractivity contribution in [1.82, 2.24) is 9.55 Å². The lowest BCUT2D eigenvalue weighted by Gasteiger charge is -2.17. The first-order valence-electron chi connectivity index (χ1n) is 4.17. The van der Waals surface area contributed by atoms with Crippen molar-refractivity contribution in [2.75, 3.05) is 6.61 Å².